The molecule has 0 aliphatic rings. The standard InChI is InChI=1S/C15H16FN3O3/c1-2-19(8-13(17)20)14(21)7-12-9-22-15(18-12)10-3-5-11(16)6-4-10/h3-6,9H,2,7-8H2,1H3,(H2,17,20). The largest absolute Gasteiger partial charge is 0.444 e. The van der Waals surface area contributed by atoms with E-state index < -0.39 is 5.91 Å². The molecule has 7 heteroatoms. The molecule has 2 N–H and O–H groups in total. The van der Waals surface area contributed by atoms with Gasteiger partial charge in [-0.3, -0.25) is 9.59 Å². The zero-order valence-electron chi connectivity index (χ0n) is 12.1. The topological polar surface area (TPSA) is 89.4 Å². The highest BCUT2D eigenvalue weighted by Gasteiger charge is 2.17. The van der Waals surface area contributed by atoms with Gasteiger partial charge in [0.1, 0.15) is 12.1 Å². The molecule has 1 aromatic heterocycles. The van der Waals surface area contributed by atoms with Gasteiger partial charge in [-0.05, 0) is 31.2 Å². The summed E-state index contributed by atoms with van der Waals surface area (Å²) in [6, 6.07) is 5.68. The van der Waals surface area contributed by atoms with E-state index in [1.54, 1.807) is 6.92 Å². The molecule has 0 saturated carbocycles. The Hall–Kier alpha value is -2.70. The molecule has 1 aromatic carbocycles. The third-order valence-electron chi connectivity index (χ3n) is 3.06. The second-order valence-corrected chi connectivity index (χ2v) is 4.70. The molecule has 0 atom stereocenters. The Kier molecular flexibility index (Phi) is 4.88. The van der Waals surface area contributed by atoms with Crippen LogP contribution in [0.25, 0.3) is 11.5 Å². The molecule has 0 spiro atoms. The van der Waals surface area contributed by atoms with Crippen LogP contribution in [0.3, 0.4) is 0 Å². The lowest BCUT2D eigenvalue weighted by molar-refractivity contribution is -0.134. The van der Waals surface area contributed by atoms with Crippen LogP contribution in [0.2, 0.25) is 0 Å². The molecule has 0 saturated heterocycles. The fourth-order valence-corrected chi connectivity index (χ4v) is 1.94. The van der Waals surface area contributed by atoms with Crippen molar-refractivity contribution in [2.45, 2.75) is 13.3 Å². The molecule has 0 aliphatic carbocycles. The van der Waals surface area contributed by atoms with Crippen molar-refractivity contribution in [3.8, 4) is 11.5 Å². The number of rotatable bonds is 6. The minimum atomic E-state index is -0.567. The quantitative estimate of drug-likeness (QED) is 0.872. The molecule has 0 aliphatic heterocycles. The Morgan fingerprint density at radius 2 is 2.00 bits per heavy atom. The van der Waals surface area contributed by atoms with Crippen molar-refractivity contribution in [3.63, 3.8) is 0 Å². The lowest BCUT2D eigenvalue weighted by Gasteiger charge is -2.18. The van der Waals surface area contributed by atoms with E-state index in [2.05, 4.69) is 4.98 Å². The van der Waals surface area contributed by atoms with Crippen LogP contribution in [0.1, 0.15) is 12.6 Å². The number of carbonyl (C=O) groups excluding carboxylic acids is 2. The van der Waals surface area contributed by atoms with Crippen LogP contribution >= 0.6 is 0 Å². The number of benzene rings is 1. The maximum absolute atomic E-state index is 12.9. The van der Waals surface area contributed by atoms with Crippen LogP contribution < -0.4 is 5.73 Å². The highest BCUT2D eigenvalue weighted by Crippen LogP contribution is 2.19. The molecule has 6 nitrogen and oxygen atoms in total. The number of carbonyl (C=O) groups is 2. The summed E-state index contributed by atoms with van der Waals surface area (Å²) in [5.74, 6) is -0.876. The van der Waals surface area contributed by atoms with E-state index in [1.165, 1.54) is 35.4 Å². The average molecular weight is 305 g/mol. The lowest BCUT2D eigenvalue weighted by Crippen LogP contribution is -2.39. The number of aromatic nitrogens is 1. The normalized spacial score (nSPS) is 10.5. The second-order valence-electron chi connectivity index (χ2n) is 4.70. The maximum atomic E-state index is 12.9. The first kappa shape index (κ1) is 15.7. The summed E-state index contributed by atoms with van der Waals surface area (Å²) >= 11 is 0. The summed E-state index contributed by atoms with van der Waals surface area (Å²) in [7, 11) is 0. The Balaban J connectivity index is 2.06. The molecule has 116 valence electrons. The monoisotopic (exact) mass is 305 g/mol. The summed E-state index contributed by atoms with van der Waals surface area (Å²) < 4.78 is 18.2. The molecule has 0 bridgehead atoms. The predicted molar refractivity (Wildman–Crippen MR) is 77.0 cm³/mol. The van der Waals surface area contributed by atoms with E-state index >= 15 is 0 Å². The van der Waals surface area contributed by atoms with E-state index in [1.807, 2.05) is 0 Å². The van der Waals surface area contributed by atoms with Gasteiger partial charge >= 0.3 is 0 Å². The fraction of sp³-hybridized carbons (Fsp3) is 0.267. The van der Waals surface area contributed by atoms with Crippen molar-refractivity contribution in [3.05, 3.63) is 42.0 Å². The number of oxazole rings is 1. The second kappa shape index (κ2) is 6.84. The van der Waals surface area contributed by atoms with Crippen LogP contribution in [0.4, 0.5) is 4.39 Å². The summed E-state index contributed by atoms with van der Waals surface area (Å²) in [6.07, 6.45) is 1.38. The van der Waals surface area contributed by atoms with Crippen LogP contribution in [0.15, 0.2) is 34.9 Å². The number of likely N-dealkylation sites (N-methyl/N-ethyl adjacent to an activating group) is 1. The van der Waals surface area contributed by atoms with E-state index in [-0.39, 0.29) is 24.7 Å². The molecule has 1 heterocycles. The minimum absolute atomic E-state index is 0.00577. The van der Waals surface area contributed by atoms with Gasteiger partial charge in [0.2, 0.25) is 17.7 Å². The number of hydrogen-bond donors (Lipinski definition) is 1. The van der Waals surface area contributed by atoms with Gasteiger partial charge < -0.3 is 15.1 Å². The smallest absolute Gasteiger partial charge is 0.237 e. The Morgan fingerprint density at radius 3 is 2.59 bits per heavy atom. The molecule has 22 heavy (non-hydrogen) atoms. The predicted octanol–water partition coefficient (Wildman–Crippen LogP) is 1.36. The average Bonchev–Trinajstić information content (AvgIpc) is 2.93. The van der Waals surface area contributed by atoms with E-state index in [9.17, 15) is 14.0 Å². The maximum Gasteiger partial charge on any atom is 0.237 e. The molecule has 2 aromatic rings. The van der Waals surface area contributed by atoms with Crippen molar-refractivity contribution >= 4 is 11.8 Å². The summed E-state index contributed by atoms with van der Waals surface area (Å²) in [6.45, 7) is 2.01. The van der Waals surface area contributed by atoms with Crippen molar-refractivity contribution in [1.29, 1.82) is 0 Å². The van der Waals surface area contributed by atoms with Crippen LogP contribution in [0.5, 0.6) is 0 Å². The van der Waals surface area contributed by atoms with Gasteiger partial charge in [0.05, 0.1) is 18.7 Å². The highest BCUT2D eigenvalue weighted by atomic mass is 19.1. The minimum Gasteiger partial charge on any atom is -0.444 e. The first-order chi connectivity index (χ1) is 10.5. The number of nitrogens with two attached hydrogens (primary N) is 1. The number of halogens is 1. The number of amides is 2. The van der Waals surface area contributed by atoms with Crippen molar-refractivity contribution in [1.82, 2.24) is 9.88 Å². The Bertz CT molecular complexity index is 667. The van der Waals surface area contributed by atoms with Gasteiger partial charge in [-0.1, -0.05) is 0 Å². The molecule has 0 radical (unpaired) electrons. The van der Waals surface area contributed by atoms with Crippen LogP contribution in [-0.4, -0.2) is 34.8 Å². The molecular weight excluding hydrogens is 289 g/mol. The zero-order valence-corrected chi connectivity index (χ0v) is 12.1. The highest BCUT2D eigenvalue weighted by molar-refractivity contribution is 5.84. The Morgan fingerprint density at radius 1 is 1.32 bits per heavy atom. The van der Waals surface area contributed by atoms with Crippen molar-refractivity contribution < 1.29 is 18.4 Å². The molecule has 0 unspecified atom stereocenters. The lowest BCUT2D eigenvalue weighted by atomic mass is 10.2. The molecule has 2 amide bonds. The van der Waals surface area contributed by atoms with Crippen molar-refractivity contribution in [2.75, 3.05) is 13.1 Å². The van der Waals surface area contributed by atoms with Gasteiger partial charge in [-0.25, -0.2) is 9.37 Å². The summed E-state index contributed by atoms with van der Waals surface area (Å²) in [4.78, 5) is 28.5. The first-order valence-electron chi connectivity index (χ1n) is 6.76. The number of hydrogen-bond acceptors (Lipinski definition) is 4. The van der Waals surface area contributed by atoms with Crippen molar-refractivity contribution in [2.24, 2.45) is 5.73 Å². The molecule has 0 fully saturated rings. The summed E-state index contributed by atoms with van der Waals surface area (Å²) in [5, 5.41) is 0. The number of nitrogens with zero attached hydrogens (tertiary/aromatic N) is 2. The molecule has 2 rings (SSSR count). The van der Waals surface area contributed by atoms with Gasteiger partial charge in [0.25, 0.3) is 0 Å². The third-order valence-corrected chi connectivity index (χ3v) is 3.06. The third kappa shape index (κ3) is 3.91. The Labute approximate surface area is 126 Å². The van der Waals surface area contributed by atoms with E-state index in [0.29, 0.717) is 23.7 Å². The fourth-order valence-electron chi connectivity index (χ4n) is 1.94. The van der Waals surface area contributed by atoms with E-state index in [0.717, 1.165) is 0 Å². The van der Waals surface area contributed by atoms with Gasteiger partial charge in [0.15, 0.2) is 0 Å². The first-order valence-corrected chi connectivity index (χ1v) is 6.76. The van der Waals surface area contributed by atoms with Gasteiger partial charge in [-0.2, -0.15) is 0 Å². The van der Waals surface area contributed by atoms with Crippen LogP contribution in [0, 0.1) is 5.82 Å². The SMILES string of the molecule is CCN(CC(N)=O)C(=O)Cc1coc(-c2ccc(F)cc2)n1. The molecular formula is C15H16FN3O3. The van der Waals surface area contributed by atoms with Crippen LogP contribution in [-0.2, 0) is 16.0 Å². The van der Waals surface area contributed by atoms with Gasteiger partial charge in [0, 0.05) is 12.1 Å². The van der Waals surface area contributed by atoms with E-state index in [4.69, 9.17) is 10.2 Å². The van der Waals surface area contributed by atoms with Gasteiger partial charge in [-0.15, -0.1) is 0 Å². The number of primary amides is 1. The zero-order chi connectivity index (χ0) is 16.1. The summed E-state index contributed by atoms with van der Waals surface area (Å²) in [5.41, 5.74) is 6.15.